The van der Waals surface area contributed by atoms with Crippen LogP contribution < -0.4 is 9.47 Å². The highest BCUT2D eigenvalue weighted by atomic mass is 16.6. The van der Waals surface area contributed by atoms with Crippen molar-refractivity contribution in [1.29, 1.82) is 0 Å². The number of hydrogen-bond acceptors (Lipinski definition) is 6. The lowest BCUT2D eigenvalue weighted by molar-refractivity contribution is -0.151. The maximum Gasteiger partial charge on any atom is 0.347 e. The highest BCUT2D eigenvalue weighted by molar-refractivity contribution is 6.07. The van der Waals surface area contributed by atoms with Crippen molar-refractivity contribution in [2.45, 2.75) is 40.2 Å². The highest BCUT2D eigenvalue weighted by Gasteiger charge is 2.23. The second-order valence-corrected chi connectivity index (χ2v) is 7.32. The SMILES string of the molecule is CCCOC(=O)C(C)Oc1ccc2c(c1)c(C(=O)OCC)c(C)n2-c1ccc(OC)cc1. The van der Waals surface area contributed by atoms with Gasteiger partial charge >= 0.3 is 11.9 Å². The fraction of sp³-hybridized carbons (Fsp3) is 0.360. The number of carbonyl (C=O) groups is 2. The molecule has 0 amide bonds. The first-order chi connectivity index (χ1) is 15.4. The molecule has 7 heteroatoms. The monoisotopic (exact) mass is 439 g/mol. The van der Waals surface area contributed by atoms with Crippen molar-refractivity contribution in [1.82, 2.24) is 4.57 Å². The van der Waals surface area contributed by atoms with Gasteiger partial charge < -0.3 is 23.5 Å². The maximum absolute atomic E-state index is 12.8. The normalized spacial score (nSPS) is 11.8. The molecule has 0 aliphatic heterocycles. The summed E-state index contributed by atoms with van der Waals surface area (Å²) in [4.78, 5) is 24.9. The molecule has 1 unspecified atom stereocenters. The largest absolute Gasteiger partial charge is 0.497 e. The van der Waals surface area contributed by atoms with Gasteiger partial charge in [-0.2, -0.15) is 0 Å². The van der Waals surface area contributed by atoms with E-state index in [1.54, 1.807) is 33.1 Å². The first kappa shape index (κ1) is 23.2. The number of esters is 2. The average Bonchev–Trinajstić information content (AvgIpc) is 3.08. The van der Waals surface area contributed by atoms with Crippen molar-refractivity contribution in [3.63, 3.8) is 0 Å². The minimum atomic E-state index is -0.769. The third kappa shape index (κ3) is 4.72. The summed E-state index contributed by atoms with van der Waals surface area (Å²) in [6.45, 7) is 7.84. The van der Waals surface area contributed by atoms with Gasteiger partial charge in [0.15, 0.2) is 6.10 Å². The van der Waals surface area contributed by atoms with Crippen LogP contribution in [-0.2, 0) is 14.3 Å². The van der Waals surface area contributed by atoms with Gasteiger partial charge in [-0.15, -0.1) is 0 Å². The first-order valence-electron chi connectivity index (χ1n) is 10.7. The summed E-state index contributed by atoms with van der Waals surface area (Å²) in [6.07, 6.45) is -0.0272. The summed E-state index contributed by atoms with van der Waals surface area (Å²) >= 11 is 0. The lowest BCUT2D eigenvalue weighted by Crippen LogP contribution is -2.26. The van der Waals surface area contributed by atoms with Crippen molar-refractivity contribution in [2.75, 3.05) is 20.3 Å². The molecule has 0 aliphatic carbocycles. The molecule has 2 aromatic carbocycles. The van der Waals surface area contributed by atoms with Gasteiger partial charge in [0.1, 0.15) is 11.5 Å². The van der Waals surface area contributed by atoms with Gasteiger partial charge in [-0.25, -0.2) is 9.59 Å². The number of rotatable bonds is 9. The number of nitrogens with zero attached hydrogens (tertiary/aromatic N) is 1. The molecular weight excluding hydrogens is 410 g/mol. The Labute approximate surface area is 187 Å². The Hall–Kier alpha value is -3.48. The average molecular weight is 440 g/mol. The summed E-state index contributed by atoms with van der Waals surface area (Å²) < 4.78 is 23.5. The minimum absolute atomic E-state index is 0.268. The molecule has 0 fully saturated rings. The molecule has 170 valence electrons. The molecule has 0 N–H and O–H groups in total. The molecule has 32 heavy (non-hydrogen) atoms. The van der Waals surface area contributed by atoms with E-state index in [1.165, 1.54) is 0 Å². The number of benzene rings is 2. The van der Waals surface area contributed by atoms with Gasteiger partial charge in [-0.3, -0.25) is 0 Å². The lowest BCUT2D eigenvalue weighted by atomic mass is 10.1. The Kier molecular flexibility index (Phi) is 7.41. The Morgan fingerprint density at radius 2 is 1.69 bits per heavy atom. The van der Waals surface area contributed by atoms with Crippen LogP contribution in [-0.4, -0.2) is 42.9 Å². The van der Waals surface area contributed by atoms with E-state index in [-0.39, 0.29) is 6.61 Å². The molecule has 0 spiro atoms. The van der Waals surface area contributed by atoms with Crippen LogP contribution in [0.3, 0.4) is 0 Å². The molecule has 3 rings (SSSR count). The summed E-state index contributed by atoms with van der Waals surface area (Å²) in [6, 6.07) is 13.0. The van der Waals surface area contributed by atoms with E-state index in [4.69, 9.17) is 18.9 Å². The smallest absolute Gasteiger partial charge is 0.347 e. The third-order valence-corrected chi connectivity index (χ3v) is 5.08. The summed E-state index contributed by atoms with van der Waals surface area (Å²) in [7, 11) is 1.62. The van der Waals surface area contributed by atoms with Gasteiger partial charge in [0.2, 0.25) is 0 Å². The zero-order chi connectivity index (χ0) is 23.3. The molecule has 1 heterocycles. The molecule has 3 aromatic rings. The van der Waals surface area contributed by atoms with Gasteiger partial charge in [-0.05, 0) is 69.7 Å². The van der Waals surface area contributed by atoms with Gasteiger partial charge in [0.05, 0.1) is 31.4 Å². The zero-order valence-corrected chi connectivity index (χ0v) is 19.1. The molecule has 0 saturated heterocycles. The van der Waals surface area contributed by atoms with Crippen molar-refractivity contribution < 1.29 is 28.5 Å². The first-order valence-corrected chi connectivity index (χ1v) is 10.7. The summed E-state index contributed by atoms with van der Waals surface area (Å²) in [5, 5.41) is 0.684. The van der Waals surface area contributed by atoms with E-state index in [1.807, 2.05) is 48.7 Å². The Balaban J connectivity index is 2.06. The van der Waals surface area contributed by atoms with E-state index < -0.39 is 18.0 Å². The van der Waals surface area contributed by atoms with Crippen LogP contribution in [0.2, 0.25) is 0 Å². The van der Waals surface area contributed by atoms with Crippen LogP contribution in [0, 0.1) is 6.92 Å². The van der Waals surface area contributed by atoms with Gasteiger partial charge in [-0.1, -0.05) is 6.92 Å². The van der Waals surface area contributed by atoms with Gasteiger partial charge in [0.25, 0.3) is 0 Å². The minimum Gasteiger partial charge on any atom is -0.497 e. The number of hydrogen-bond donors (Lipinski definition) is 0. The standard InChI is InChI=1S/C25H29NO6/c1-6-14-31-24(27)17(4)32-20-12-13-22-21(15-20)23(25(28)30-7-2)16(3)26(22)18-8-10-19(29-5)11-9-18/h8-13,15,17H,6-7,14H2,1-5H3. The van der Waals surface area contributed by atoms with Crippen molar-refractivity contribution in [3.8, 4) is 17.2 Å². The van der Waals surface area contributed by atoms with Crippen molar-refractivity contribution in [3.05, 3.63) is 53.7 Å². The molecule has 7 nitrogen and oxygen atoms in total. The predicted molar refractivity (Wildman–Crippen MR) is 122 cm³/mol. The molecule has 0 aliphatic rings. The van der Waals surface area contributed by atoms with Crippen LogP contribution in [0.5, 0.6) is 11.5 Å². The molecule has 0 saturated carbocycles. The quantitative estimate of drug-likeness (QED) is 0.444. The summed E-state index contributed by atoms with van der Waals surface area (Å²) in [5.41, 5.74) is 2.92. The second kappa shape index (κ2) is 10.2. The predicted octanol–water partition coefficient (Wildman–Crippen LogP) is 4.84. The van der Waals surface area contributed by atoms with Crippen LogP contribution in [0.25, 0.3) is 16.6 Å². The van der Waals surface area contributed by atoms with Crippen LogP contribution in [0.4, 0.5) is 0 Å². The Morgan fingerprint density at radius 1 is 1.00 bits per heavy atom. The Morgan fingerprint density at radius 3 is 2.31 bits per heavy atom. The van der Waals surface area contributed by atoms with E-state index in [9.17, 15) is 9.59 Å². The van der Waals surface area contributed by atoms with Gasteiger partial charge in [0, 0.05) is 16.8 Å². The van der Waals surface area contributed by atoms with Crippen molar-refractivity contribution in [2.24, 2.45) is 0 Å². The molecule has 0 radical (unpaired) electrons. The van der Waals surface area contributed by atoms with E-state index in [2.05, 4.69) is 0 Å². The molecular formula is C25H29NO6. The molecule has 1 aromatic heterocycles. The number of ether oxygens (including phenoxy) is 4. The van der Waals surface area contributed by atoms with Crippen LogP contribution in [0.1, 0.15) is 43.2 Å². The van der Waals surface area contributed by atoms with E-state index in [0.717, 1.165) is 29.1 Å². The molecule has 0 bridgehead atoms. The van der Waals surface area contributed by atoms with Crippen molar-refractivity contribution >= 4 is 22.8 Å². The lowest BCUT2D eigenvalue weighted by Gasteiger charge is -2.14. The van der Waals surface area contributed by atoms with Crippen LogP contribution in [0.15, 0.2) is 42.5 Å². The maximum atomic E-state index is 12.8. The molecule has 1 atom stereocenters. The van der Waals surface area contributed by atoms with E-state index >= 15 is 0 Å². The third-order valence-electron chi connectivity index (χ3n) is 5.08. The number of fused-ring (bicyclic) bond motifs is 1. The highest BCUT2D eigenvalue weighted by Crippen LogP contribution is 2.33. The fourth-order valence-electron chi connectivity index (χ4n) is 3.57. The topological polar surface area (TPSA) is 76.0 Å². The second-order valence-electron chi connectivity index (χ2n) is 7.32. The van der Waals surface area contributed by atoms with Crippen LogP contribution >= 0.6 is 0 Å². The number of methoxy groups -OCH3 is 1. The van der Waals surface area contributed by atoms with E-state index in [0.29, 0.717) is 23.3 Å². The fourth-order valence-corrected chi connectivity index (χ4v) is 3.57. The number of carbonyl (C=O) groups excluding carboxylic acids is 2. The zero-order valence-electron chi connectivity index (χ0n) is 19.1. The summed E-state index contributed by atoms with van der Waals surface area (Å²) in [5.74, 6) is 0.378. The number of aromatic nitrogens is 1. The Bertz CT molecular complexity index is 1100.